The van der Waals surface area contributed by atoms with E-state index in [4.69, 9.17) is 11.6 Å². The molecular formula is C23H26ClN5O2. The first kappa shape index (κ1) is 21.3. The van der Waals surface area contributed by atoms with Crippen molar-refractivity contribution in [3.05, 3.63) is 65.1 Å². The number of halogens is 1. The highest BCUT2D eigenvalue weighted by Gasteiger charge is 2.33. The normalized spacial score (nSPS) is 15.9. The van der Waals surface area contributed by atoms with E-state index < -0.39 is 6.04 Å². The largest absolute Gasteiger partial charge is 0.341 e. The number of carbonyl (C=O) groups is 2. The molecule has 0 bridgehead atoms. The van der Waals surface area contributed by atoms with Crippen LogP contribution in [0.4, 0.5) is 0 Å². The van der Waals surface area contributed by atoms with Gasteiger partial charge in [-0.3, -0.25) is 14.0 Å². The van der Waals surface area contributed by atoms with Crippen LogP contribution in [0.15, 0.2) is 48.7 Å². The van der Waals surface area contributed by atoms with Gasteiger partial charge in [0.1, 0.15) is 11.9 Å². The van der Waals surface area contributed by atoms with Crippen LogP contribution in [0.3, 0.4) is 0 Å². The molecule has 0 aliphatic carbocycles. The molecule has 1 N–H and O–H groups in total. The van der Waals surface area contributed by atoms with Crippen molar-refractivity contribution in [1.29, 1.82) is 0 Å². The molecule has 1 aliphatic rings. The number of nitrogens with one attached hydrogen (secondary N) is 1. The molecule has 8 heteroatoms. The van der Waals surface area contributed by atoms with E-state index in [1.807, 2.05) is 47.5 Å². The minimum absolute atomic E-state index is 0.0444. The summed E-state index contributed by atoms with van der Waals surface area (Å²) in [5.41, 5.74) is 1.21. The zero-order valence-corrected chi connectivity index (χ0v) is 18.4. The van der Waals surface area contributed by atoms with Crippen molar-refractivity contribution < 1.29 is 9.59 Å². The fourth-order valence-electron chi connectivity index (χ4n) is 4.07. The highest BCUT2D eigenvalue weighted by Crippen LogP contribution is 2.28. The second kappa shape index (κ2) is 9.06. The Bertz CT molecular complexity index is 1090. The first-order chi connectivity index (χ1) is 15.0. The first-order valence-electron chi connectivity index (χ1n) is 10.6. The summed E-state index contributed by atoms with van der Waals surface area (Å²) in [7, 11) is 0. The Morgan fingerprint density at radius 2 is 1.77 bits per heavy atom. The van der Waals surface area contributed by atoms with Crippen LogP contribution in [0.25, 0.3) is 5.65 Å². The van der Waals surface area contributed by atoms with E-state index in [1.165, 1.54) is 0 Å². The molecule has 3 heterocycles. The second-order valence-electron chi connectivity index (χ2n) is 8.26. The van der Waals surface area contributed by atoms with Crippen molar-refractivity contribution in [3.63, 3.8) is 0 Å². The Morgan fingerprint density at radius 1 is 1.06 bits per heavy atom. The summed E-state index contributed by atoms with van der Waals surface area (Å²) in [5.74, 6) is 0.756. The lowest BCUT2D eigenvalue weighted by Gasteiger charge is -2.35. The molecule has 7 nitrogen and oxygen atoms in total. The number of hydrogen-bond acceptors (Lipinski definition) is 4. The molecule has 3 aromatic rings. The molecule has 1 aromatic carbocycles. The molecule has 0 saturated carbocycles. The molecule has 2 aromatic heterocycles. The van der Waals surface area contributed by atoms with Crippen LogP contribution in [0, 0.1) is 5.92 Å². The Kier molecular flexibility index (Phi) is 6.23. The van der Waals surface area contributed by atoms with Crippen molar-refractivity contribution in [2.45, 2.75) is 38.6 Å². The van der Waals surface area contributed by atoms with E-state index in [-0.39, 0.29) is 23.7 Å². The lowest BCUT2D eigenvalue weighted by atomic mass is 9.94. The molecule has 1 fully saturated rings. The van der Waals surface area contributed by atoms with Crippen LogP contribution in [0.2, 0.25) is 5.02 Å². The summed E-state index contributed by atoms with van der Waals surface area (Å²) in [5, 5.41) is 11.9. The fraction of sp³-hybridized carbons (Fsp3) is 0.391. The SMILES string of the molecule is CC(C)C(NC(=O)c1ccccc1Cl)C(=O)N1CCC(c2nnc3ccccn23)CC1. The lowest BCUT2D eigenvalue weighted by Crippen LogP contribution is -2.53. The van der Waals surface area contributed by atoms with E-state index in [2.05, 4.69) is 15.5 Å². The van der Waals surface area contributed by atoms with Crippen molar-refractivity contribution in [1.82, 2.24) is 24.8 Å². The van der Waals surface area contributed by atoms with Gasteiger partial charge in [-0.05, 0) is 43.0 Å². The lowest BCUT2D eigenvalue weighted by molar-refractivity contribution is -0.135. The van der Waals surface area contributed by atoms with Gasteiger partial charge in [0.2, 0.25) is 5.91 Å². The van der Waals surface area contributed by atoms with Crippen molar-refractivity contribution in [2.75, 3.05) is 13.1 Å². The molecule has 1 atom stereocenters. The van der Waals surface area contributed by atoms with Crippen LogP contribution in [-0.2, 0) is 4.79 Å². The van der Waals surface area contributed by atoms with Gasteiger partial charge >= 0.3 is 0 Å². The number of pyridine rings is 1. The Hall–Kier alpha value is -2.93. The molecule has 1 saturated heterocycles. The molecular weight excluding hydrogens is 414 g/mol. The van der Waals surface area contributed by atoms with Crippen LogP contribution >= 0.6 is 11.6 Å². The van der Waals surface area contributed by atoms with Crippen molar-refractivity contribution in [3.8, 4) is 0 Å². The smallest absolute Gasteiger partial charge is 0.253 e. The maximum Gasteiger partial charge on any atom is 0.253 e. The predicted octanol–water partition coefficient (Wildman–Crippen LogP) is 3.54. The number of hydrogen-bond donors (Lipinski definition) is 1. The zero-order valence-electron chi connectivity index (χ0n) is 17.7. The molecule has 0 spiro atoms. The van der Waals surface area contributed by atoms with Crippen LogP contribution in [-0.4, -0.2) is 50.4 Å². The van der Waals surface area contributed by atoms with E-state index in [0.29, 0.717) is 23.7 Å². The van der Waals surface area contributed by atoms with Gasteiger partial charge in [0.15, 0.2) is 5.65 Å². The van der Waals surface area contributed by atoms with E-state index in [1.54, 1.807) is 24.3 Å². The van der Waals surface area contributed by atoms with Gasteiger partial charge in [-0.15, -0.1) is 10.2 Å². The summed E-state index contributed by atoms with van der Waals surface area (Å²) < 4.78 is 2.02. The minimum Gasteiger partial charge on any atom is -0.341 e. The Morgan fingerprint density at radius 3 is 2.48 bits per heavy atom. The standard InChI is InChI=1S/C23H26ClN5O2/c1-15(2)20(25-22(30)17-7-3-4-8-18(17)24)23(31)28-13-10-16(11-14-28)21-27-26-19-9-5-6-12-29(19)21/h3-9,12,15-16,20H,10-11,13-14H2,1-2H3,(H,25,30). The first-order valence-corrected chi connectivity index (χ1v) is 11.0. The van der Waals surface area contributed by atoms with Crippen LogP contribution in [0.5, 0.6) is 0 Å². The molecule has 162 valence electrons. The van der Waals surface area contributed by atoms with Gasteiger partial charge in [-0.25, -0.2) is 0 Å². The average molecular weight is 440 g/mol. The summed E-state index contributed by atoms with van der Waals surface area (Å²) in [4.78, 5) is 27.8. The number of likely N-dealkylation sites (tertiary alicyclic amines) is 1. The highest BCUT2D eigenvalue weighted by molar-refractivity contribution is 6.33. The van der Waals surface area contributed by atoms with Crippen molar-refractivity contribution >= 4 is 29.1 Å². The molecule has 31 heavy (non-hydrogen) atoms. The Labute approximate surface area is 186 Å². The van der Waals surface area contributed by atoms with Gasteiger partial charge in [0.25, 0.3) is 5.91 Å². The number of benzene rings is 1. The summed E-state index contributed by atoms with van der Waals surface area (Å²) in [6.07, 6.45) is 3.59. The maximum atomic E-state index is 13.2. The van der Waals surface area contributed by atoms with Gasteiger partial charge in [-0.1, -0.05) is 43.6 Å². The monoisotopic (exact) mass is 439 g/mol. The second-order valence-corrected chi connectivity index (χ2v) is 8.67. The third-order valence-corrected chi connectivity index (χ3v) is 6.18. The summed E-state index contributed by atoms with van der Waals surface area (Å²) >= 11 is 6.15. The van der Waals surface area contributed by atoms with E-state index in [0.717, 1.165) is 24.3 Å². The topological polar surface area (TPSA) is 79.6 Å². The number of amides is 2. The average Bonchev–Trinajstić information content (AvgIpc) is 3.21. The van der Waals surface area contributed by atoms with Gasteiger partial charge in [0, 0.05) is 25.2 Å². The van der Waals surface area contributed by atoms with E-state index >= 15 is 0 Å². The predicted molar refractivity (Wildman–Crippen MR) is 119 cm³/mol. The third-order valence-electron chi connectivity index (χ3n) is 5.85. The molecule has 2 amide bonds. The van der Waals surface area contributed by atoms with Gasteiger partial charge in [0.05, 0.1) is 10.6 Å². The number of carbonyl (C=O) groups excluding carboxylic acids is 2. The molecule has 1 unspecified atom stereocenters. The number of aromatic nitrogens is 3. The fourth-order valence-corrected chi connectivity index (χ4v) is 4.29. The molecule has 1 aliphatic heterocycles. The minimum atomic E-state index is -0.603. The van der Waals surface area contributed by atoms with Gasteiger partial charge < -0.3 is 10.2 Å². The number of fused-ring (bicyclic) bond motifs is 1. The Balaban J connectivity index is 1.42. The third kappa shape index (κ3) is 4.42. The molecule has 0 radical (unpaired) electrons. The quantitative estimate of drug-likeness (QED) is 0.659. The van der Waals surface area contributed by atoms with Crippen LogP contribution in [0.1, 0.15) is 48.8 Å². The van der Waals surface area contributed by atoms with Crippen LogP contribution < -0.4 is 5.32 Å². The zero-order chi connectivity index (χ0) is 22.0. The molecule has 4 rings (SSSR count). The van der Waals surface area contributed by atoms with Gasteiger partial charge in [-0.2, -0.15) is 0 Å². The maximum absolute atomic E-state index is 13.2. The summed E-state index contributed by atoms with van der Waals surface area (Å²) in [6.45, 7) is 5.11. The number of rotatable bonds is 5. The summed E-state index contributed by atoms with van der Waals surface area (Å²) in [6, 6.07) is 12.1. The number of piperidine rings is 1. The van der Waals surface area contributed by atoms with E-state index in [9.17, 15) is 9.59 Å². The highest BCUT2D eigenvalue weighted by atomic mass is 35.5. The number of nitrogens with zero attached hydrogens (tertiary/aromatic N) is 4. The van der Waals surface area contributed by atoms with Crippen molar-refractivity contribution in [2.24, 2.45) is 5.92 Å².